The third kappa shape index (κ3) is 3.94. The van der Waals surface area contributed by atoms with Gasteiger partial charge >= 0.3 is 6.09 Å². The van der Waals surface area contributed by atoms with Gasteiger partial charge in [-0.05, 0) is 24.8 Å². The molecule has 0 radical (unpaired) electrons. The quantitative estimate of drug-likeness (QED) is 0.812. The summed E-state index contributed by atoms with van der Waals surface area (Å²) in [6.45, 7) is 0.329. The van der Waals surface area contributed by atoms with Gasteiger partial charge in [0.25, 0.3) is 0 Å². The van der Waals surface area contributed by atoms with Crippen LogP contribution in [0.1, 0.15) is 24.8 Å². The lowest BCUT2D eigenvalue weighted by molar-refractivity contribution is 0.135. The number of ether oxygens (including phenoxy) is 1. The summed E-state index contributed by atoms with van der Waals surface area (Å²) in [6.07, 6.45) is 6.86. The van der Waals surface area contributed by atoms with Crippen molar-refractivity contribution in [3.05, 3.63) is 48.0 Å². The van der Waals surface area contributed by atoms with Crippen molar-refractivity contribution in [1.82, 2.24) is 5.32 Å². The van der Waals surface area contributed by atoms with Crippen LogP contribution in [-0.4, -0.2) is 12.1 Å². The summed E-state index contributed by atoms with van der Waals surface area (Å²) < 4.78 is 5.16. The third-order valence-corrected chi connectivity index (χ3v) is 2.80. The predicted molar refractivity (Wildman–Crippen MR) is 66.5 cm³/mol. The highest BCUT2D eigenvalue weighted by Crippen LogP contribution is 2.10. The molecule has 90 valence electrons. The van der Waals surface area contributed by atoms with Crippen molar-refractivity contribution in [2.45, 2.75) is 31.9 Å². The average Bonchev–Trinajstić information content (AvgIpc) is 2.39. The summed E-state index contributed by atoms with van der Waals surface area (Å²) in [5.74, 6) is 0. The summed E-state index contributed by atoms with van der Waals surface area (Å²) in [6, 6.07) is 9.92. The first-order chi connectivity index (χ1) is 8.34. The van der Waals surface area contributed by atoms with Gasteiger partial charge in [0.1, 0.15) is 6.61 Å². The van der Waals surface area contributed by atoms with Crippen molar-refractivity contribution >= 4 is 6.09 Å². The highest BCUT2D eigenvalue weighted by molar-refractivity contribution is 5.67. The zero-order valence-corrected chi connectivity index (χ0v) is 9.76. The number of carbonyl (C=O) groups excluding carboxylic acids is 1. The molecule has 0 aromatic heterocycles. The molecule has 0 spiro atoms. The Morgan fingerprint density at radius 1 is 1.29 bits per heavy atom. The molecule has 2 rings (SSSR count). The van der Waals surface area contributed by atoms with Crippen LogP contribution in [0.4, 0.5) is 4.79 Å². The molecule has 0 unspecified atom stereocenters. The highest BCUT2D eigenvalue weighted by atomic mass is 16.5. The monoisotopic (exact) mass is 231 g/mol. The second-order valence-corrected chi connectivity index (χ2v) is 4.19. The Morgan fingerprint density at radius 2 is 2.12 bits per heavy atom. The van der Waals surface area contributed by atoms with Crippen LogP contribution in [-0.2, 0) is 11.3 Å². The van der Waals surface area contributed by atoms with Crippen LogP contribution in [0, 0.1) is 0 Å². The van der Waals surface area contributed by atoms with Gasteiger partial charge in [-0.2, -0.15) is 0 Å². The Bertz CT molecular complexity index is 386. The minimum Gasteiger partial charge on any atom is -0.445 e. The van der Waals surface area contributed by atoms with Gasteiger partial charge in [0.05, 0.1) is 0 Å². The van der Waals surface area contributed by atoms with Gasteiger partial charge in [-0.25, -0.2) is 4.79 Å². The van der Waals surface area contributed by atoms with E-state index in [0.717, 1.165) is 24.8 Å². The van der Waals surface area contributed by atoms with Crippen LogP contribution >= 0.6 is 0 Å². The van der Waals surface area contributed by atoms with Crippen molar-refractivity contribution in [2.24, 2.45) is 0 Å². The van der Waals surface area contributed by atoms with Gasteiger partial charge in [-0.1, -0.05) is 42.5 Å². The van der Waals surface area contributed by atoms with Crippen molar-refractivity contribution in [2.75, 3.05) is 0 Å². The van der Waals surface area contributed by atoms with Gasteiger partial charge < -0.3 is 10.1 Å². The Hall–Kier alpha value is -1.77. The number of benzene rings is 1. The molecule has 1 aliphatic carbocycles. The highest BCUT2D eigenvalue weighted by Gasteiger charge is 2.13. The van der Waals surface area contributed by atoms with E-state index in [0.29, 0.717) is 6.61 Å². The number of hydrogen-bond donors (Lipinski definition) is 1. The van der Waals surface area contributed by atoms with E-state index in [2.05, 4.69) is 17.5 Å². The number of rotatable bonds is 3. The number of hydrogen-bond acceptors (Lipinski definition) is 2. The fourth-order valence-corrected chi connectivity index (χ4v) is 1.86. The molecule has 0 bridgehead atoms. The average molecular weight is 231 g/mol. The fourth-order valence-electron chi connectivity index (χ4n) is 1.86. The lowest BCUT2D eigenvalue weighted by Gasteiger charge is -2.18. The zero-order chi connectivity index (χ0) is 11.9. The maximum absolute atomic E-state index is 11.5. The van der Waals surface area contributed by atoms with Crippen LogP contribution in [0.3, 0.4) is 0 Å². The standard InChI is InChI=1S/C14H17NO2/c16-14(15-13-9-5-2-6-10-13)17-11-12-7-3-1-4-8-12/h1-5,7-8,13H,6,9-11H2,(H,15,16)/t13-/m0/s1. The first-order valence-electron chi connectivity index (χ1n) is 5.97. The molecule has 1 aromatic carbocycles. The molecular weight excluding hydrogens is 214 g/mol. The number of carbonyl (C=O) groups is 1. The lowest BCUT2D eigenvalue weighted by Crippen LogP contribution is -2.35. The molecule has 3 nitrogen and oxygen atoms in total. The molecule has 1 atom stereocenters. The topological polar surface area (TPSA) is 38.3 Å². The van der Waals surface area contributed by atoms with E-state index in [-0.39, 0.29) is 12.1 Å². The summed E-state index contributed by atoms with van der Waals surface area (Å²) in [4.78, 5) is 11.5. The van der Waals surface area contributed by atoms with Gasteiger partial charge in [-0.15, -0.1) is 0 Å². The summed E-state index contributed by atoms with van der Waals surface area (Å²) in [5.41, 5.74) is 1.01. The van der Waals surface area contributed by atoms with E-state index >= 15 is 0 Å². The first kappa shape index (κ1) is 11.7. The van der Waals surface area contributed by atoms with Crippen molar-refractivity contribution in [1.29, 1.82) is 0 Å². The van der Waals surface area contributed by atoms with Gasteiger partial charge in [0.15, 0.2) is 0 Å². The van der Waals surface area contributed by atoms with Crippen LogP contribution in [0.5, 0.6) is 0 Å². The smallest absolute Gasteiger partial charge is 0.407 e. The SMILES string of the molecule is O=C(N[C@H]1CC=CCC1)OCc1ccccc1. The van der Waals surface area contributed by atoms with E-state index in [4.69, 9.17) is 4.74 Å². The molecule has 1 N–H and O–H groups in total. The molecular formula is C14H17NO2. The lowest BCUT2D eigenvalue weighted by atomic mass is 10.0. The number of nitrogens with one attached hydrogen (secondary N) is 1. The molecule has 0 heterocycles. The third-order valence-electron chi connectivity index (χ3n) is 2.80. The Labute approximate surface area is 101 Å². The minimum absolute atomic E-state index is 0.225. The molecule has 17 heavy (non-hydrogen) atoms. The minimum atomic E-state index is -0.325. The Morgan fingerprint density at radius 3 is 2.82 bits per heavy atom. The van der Waals surface area contributed by atoms with Gasteiger partial charge in [-0.3, -0.25) is 0 Å². The van der Waals surface area contributed by atoms with Crippen molar-refractivity contribution in [3.63, 3.8) is 0 Å². The van der Waals surface area contributed by atoms with E-state index in [9.17, 15) is 4.79 Å². The van der Waals surface area contributed by atoms with Crippen molar-refractivity contribution in [3.8, 4) is 0 Å². The molecule has 3 heteroatoms. The normalized spacial score (nSPS) is 18.7. The largest absolute Gasteiger partial charge is 0.445 e. The predicted octanol–water partition coefficient (Wildman–Crippen LogP) is 3.02. The maximum atomic E-state index is 11.5. The van der Waals surface area contributed by atoms with E-state index < -0.39 is 0 Å². The first-order valence-corrected chi connectivity index (χ1v) is 5.97. The molecule has 0 aliphatic heterocycles. The van der Waals surface area contributed by atoms with E-state index in [1.54, 1.807) is 0 Å². The molecule has 1 aliphatic rings. The van der Waals surface area contributed by atoms with Crippen LogP contribution in [0.15, 0.2) is 42.5 Å². The summed E-state index contributed by atoms with van der Waals surface area (Å²) in [7, 11) is 0. The second kappa shape index (κ2) is 6.09. The Balaban J connectivity index is 1.72. The van der Waals surface area contributed by atoms with Crippen LogP contribution in [0.25, 0.3) is 0 Å². The van der Waals surface area contributed by atoms with Gasteiger partial charge in [0.2, 0.25) is 0 Å². The molecule has 0 fully saturated rings. The molecule has 0 saturated carbocycles. The van der Waals surface area contributed by atoms with E-state index in [1.165, 1.54) is 0 Å². The molecule has 1 amide bonds. The van der Waals surface area contributed by atoms with Gasteiger partial charge in [0, 0.05) is 6.04 Å². The Kier molecular flexibility index (Phi) is 4.19. The van der Waals surface area contributed by atoms with Crippen LogP contribution < -0.4 is 5.32 Å². The maximum Gasteiger partial charge on any atom is 0.407 e. The van der Waals surface area contributed by atoms with Crippen LogP contribution in [0.2, 0.25) is 0 Å². The number of allylic oxidation sites excluding steroid dienone is 1. The zero-order valence-electron chi connectivity index (χ0n) is 9.76. The van der Waals surface area contributed by atoms with Crippen molar-refractivity contribution < 1.29 is 9.53 Å². The fraction of sp³-hybridized carbons (Fsp3) is 0.357. The van der Waals surface area contributed by atoms with E-state index in [1.807, 2.05) is 30.3 Å². The second-order valence-electron chi connectivity index (χ2n) is 4.19. The number of amides is 1. The number of alkyl carbamates (subject to hydrolysis) is 1. The molecule has 0 saturated heterocycles. The molecule has 1 aromatic rings. The summed E-state index contributed by atoms with van der Waals surface area (Å²) in [5, 5.41) is 2.88. The summed E-state index contributed by atoms with van der Waals surface area (Å²) >= 11 is 0.